The Hall–Kier alpha value is -2.43. The van der Waals surface area contributed by atoms with Crippen molar-refractivity contribution in [1.29, 1.82) is 0 Å². The summed E-state index contributed by atoms with van der Waals surface area (Å²) in [6, 6.07) is 10.3. The first-order chi connectivity index (χ1) is 14.4. The molecule has 0 bridgehead atoms. The third kappa shape index (κ3) is 5.18. The number of hydrogen-bond donors (Lipinski definition) is 0. The van der Waals surface area contributed by atoms with Gasteiger partial charge in [0.15, 0.2) is 11.0 Å². The first kappa shape index (κ1) is 22.3. The lowest BCUT2D eigenvalue weighted by atomic mass is 10.2. The fraction of sp³-hybridized carbons (Fsp3) is 0.350. The van der Waals surface area contributed by atoms with E-state index in [1.165, 1.54) is 18.4 Å². The highest BCUT2D eigenvalue weighted by molar-refractivity contribution is 7.99. The molecule has 2 aromatic heterocycles. The van der Waals surface area contributed by atoms with Crippen LogP contribution in [-0.4, -0.2) is 58.9 Å². The van der Waals surface area contributed by atoms with Crippen LogP contribution in [0.1, 0.15) is 13.3 Å². The molecule has 160 valence electrons. The summed E-state index contributed by atoms with van der Waals surface area (Å²) in [5.41, 5.74) is 0.988. The van der Waals surface area contributed by atoms with Crippen LogP contribution in [0.15, 0.2) is 58.8 Å². The molecule has 0 N–H and O–H groups in total. The van der Waals surface area contributed by atoms with Crippen molar-refractivity contribution in [2.45, 2.75) is 29.9 Å². The Labute approximate surface area is 181 Å². The van der Waals surface area contributed by atoms with Gasteiger partial charge in [-0.2, -0.15) is 0 Å². The lowest BCUT2D eigenvalue weighted by Gasteiger charge is -2.12. The first-order valence-electron chi connectivity index (χ1n) is 9.55. The van der Waals surface area contributed by atoms with Crippen molar-refractivity contribution in [1.82, 2.24) is 24.1 Å². The van der Waals surface area contributed by atoms with Crippen molar-refractivity contribution in [3.8, 4) is 17.1 Å². The monoisotopic (exact) mass is 447 g/mol. The van der Waals surface area contributed by atoms with Crippen LogP contribution in [0, 0.1) is 0 Å². The molecule has 0 saturated carbocycles. The van der Waals surface area contributed by atoms with E-state index in [4.69, 9.17) is 4.74 Å². The van der Waals surface area contributed by atoms with Crippen LogP contribution in [0.3, 0.4) is 0 Å². The minimum atomic E-state index is -3.43. The van der Waals surface area contributed by atoms with Crippen molar-refractivity contribution in [3.05, 3.63) is 48.8 Å². The average Bonchev–Trinajstić information content (AvgIpc) is 3.15. The lowest BCUT2D eigenvalue weighted by molar-refractivity contribution is 0.343. The molecule has 0 unspecified atom stereocenters. The number of pyridine rings is 1. The van der Waals surface area contributed by atoms with E-state index in [1.807, 2.05) is 12.1 Å². The molecule has 3 rings (SSSR count). The van der Waals surface area contributed by atoms with E-state index in [-0.39, 0.29) is 4.90 Å². The van der Waals surface area contributed by atoms with Gasteiger partial charge in [0.2, 0.25) is 10.0 Å². The summed E-state index contributed by atoms with van der Waals surface area (Å²) in [5.74, 6) is 2.15. The Bertz CT molecular complexity index is 1050. The number of ether oxygens (including phenoxy) is 1. The minimum Gasteiger partial charge on any atom is -0.493 e. The molecule has 0 saturated heterocycles. The van der Waals surface area contributed by atoms with Gasteiger partial charge in [0.1, 0.15) is 5.75 Å². The predicted molar refractivity (Wildman–Crippen MR) is 117 cm³/mol. The number of nitrogens with zero attached hydrogens (tertiary/aromatic N) is 5. The Kier molecular flexibility index (Phi) is 7.46. The molecule has 0 fully saturated rings. The number of benzene rings is 1. The molecular formula is C20H25N5O3S2. The maximum absolute atomic E-state index is 12.1. The molecule has 0 aliphatic rings. The van der Waals surface area contributed by atoms with Crippen LogP contribution in [0.4, 0.5) is 0 Å². The van der Waals surface area contributed by atoms with Gasteiger partial charge < -0.3 is 9.30 Å². The van der Waals surface area contributed by atoms with E-state index >= 15 is 0 Å². The molecular weight excluding hydrogens is 422 g/mol. The van der Waals surface area contributed by atoms with Gasteiger partial charge >= 0.3 is 0 Å². The summed E-state index contributed by atoms with van der Waals surface area (Å²) in [6.07, 6.45) is 4.47. The highest BCUT2D eigenvalue weighted by Gasteiger charge is 2.17. The molecule has 0 aliphatic carbocycles. The van der Waals surface area contributed by atoms with Gasteiger partial charge in [0, 0.05) is 44.4 Å². The number of aromatic nitrogens is 4. The topological polar surface area (TPSA) is 90.2 Å². The van der Waals surface area contributed by atoms with Gasteiger partial charge in [-0.15, -0.1) is 10.2 Å². The van der Waals surface area contributed by atoms with Gasteiger partial charge in [-0.1, -0.05) is 18.7 Å². The summed E-state index contributed by atoms with van der Waals surface area (Å²) >= 11 is 1.58. The van der Waals surface area contributed by atoms with Gasteiger partial charge in [0.25, 0.3) is 0 Å². The van der Waals surface area contributed by atoms with Gasteiger partial charge in [-0.3, -0.25) is 4.98 Å². The molecule has 8 nitrogen and oxygen atoms in total. The molecule has 1 aromatic carbocycles. The number of rotatable bonds is 10. The molecule has 2 heterocycles. The van der Waals surface area contributed by atoms with E-state index in [9.17, 15) is 8.42 Å². The molecule has 3 aromatic rings. The first-order valence-corrected chi connectivity index (χ1v) is 12.0. The number of hydrogen-bond acceptors (Lipinski definition) is 7. The normalized spacial score (nSPS) is 11.7. The number of thioether (sulfide) groups is 1. The zero-order valence-electron chi connectivity index (χ0n) is 17.2. The zero-order valence-corrected chi connectivity index (χ0v) is 18.9. The van der Waals surface area contributed by atoms with Crippen LogP contribution >= 0.6 is 11.8 Å². The molecule has 30 heavy (non-hydrogen) atoms. The second kappa shape index (κ2) is 10.1. The Balaban J connectivity index is 1.59. The fourth-order valence-electron chi connectivity index (χ4n) is 2.75. The highest BCUT2D eigenvalue weighted by atomic mass is 32.2. The van der Waals surface area contributed by atoms with Crippen molar-refractivity contribution in [3.63, 3.8) is 0 Å². The predicted octanol–water partition coefficient (Wildman–Crippen LogP) is 3.17. The highest BCUT2D eigenvalue weighted by Crippen LogP contribution is 2.24. The zero-order chi connectivity index (χ0) is 21.6. The minimum absolute atomic E-state index is 0.241. The van der Waals surface area contributed by atoms with Crippen molar-refractivity contribution < 1.29 is 13.2 Å². The SMILES string of the molecule is CCCn1c(SCCOc2ccc(S(=O)(=O)N(C)C)cc2)nnc1-c1ccncc1. The molecule has 0 aliphatic heterocycles. The van der Waals surface area contributed by atoms with Gasteiger partial charge in [0.05, 0.1) is 11.5 Å². The van der Waals surface area contributed by atoms with E-state index in [0.29, 0.717) is 18.1 Å². The van der Waals surface area contributed by atoms with Crippen LogP contribution in [0.2, 0.25) is 0 Å². The van der Waals surface area contributed by atoms with Crippen molar-refractivity contribution >= 4 is 21.8 Å². The molecule has 0 amide bonds. The maximum Gasteiger partial charge on any atom is 0.242 e. The van der Waals surface area contributed by atoms with Crippen molar-refractivity contribution in [2.24, 2.45) is 0 Å². The quantitative estimate of drug-likeness (QED) is 0.348. The smallest absolute Gasteiger partial charge is 0.242 e. The lowest BCUT2D eigenvalue weighted by Crippen LogP contribution is -2.22. The summed E-state index contributed by atoms with van der Waals surface area (Å²) < 4.78 is 33.3. The van der Waals surface area contributed by atoms with Crippen LogP contribution in [0.5, 0.6) is 5.75 Å². The Morgan fingerprint density at radius 1 is 1.07 bits per heavy atom. The van der Waals surface area contributed by atoms with Gasteiger partial charge in [-0.05, 0) is 42.8 Å². The largest absolute Gasteiger partial charge is 0.493 e. The molecule has 0 atom stereocenters. The second-order valence-corrected chi connectivity index (χ2v) is 9.86. The van der Waals surface area contributed by atoms with E-state index in [0.717, 1.165) is 29.5 Å². The van der Waals surface area contributed by atoms with Gasteiger partial charge in [-0.25, -0.2) is 12.7 Å². The fourth-order valence-corrected chi connectivity index (χ4v) is 4.43. The third-order valence-electron chi connectivity index (χ3n) is 4.29. The summed E-state index contributed by atoms with van der Waals surface area (Å²) in [4.78, 5) is 4.30. The maximum atomic E-state index is 12.1. The molecule has 0 spiro atoms. The summed E-state index contributed by atoms with van der Waals surface area (Å²) in [5, 5.41) is 9.54. The van der Waals surface area contributed by atoms with Crippen LogP contribution in [-0.2, 0) is 16.6 Å². The summed E-state index contributed by atoms with van der Waals surface area (Å²) in [6.45, 7) is 3.41. The molecule has 0 radical (unpaired) electrons. The van der Waals surface area contributed by atoms with Crippen LogP contribution in [0.25, 0.3) is 11.4 Å². The Morgan fingerprint density at radius 3 is 2.40 bits per heavy atom. The standard InChI is InChI=1S/C20H25N5O3S2/c1-4-13-25-19(16-9-11-21-12-10-16)22-23-20(25)29-15-14-28-17-5-7-18(8-6-17)30(26,27)24(2)3/h5-12H,4,13-15H2,1-3H3. The average molecular weight is 448 g/mol. The Morgan fingerprint density at radius 2 is 1.77 bits per heavy atom. The summed E-state index contributed by atoms with van der Waals surface area (Å²) in [7, 11) is -0.417. The van der Waals surface area contributed by atoms with E-state index in [2.05, 4.69) is 26.7 Å². The van der Waals surface area contributed by atoms with Crippen molar-refractivity contribution in [2.75, 3.05) is 26.5 Å². The number of sulfonamides is 1. The van der Waals surface area contributed by atoms with E-state index in [1.54, 1.807) is 48.4 Å². The molecule has 10 heteroatoms. The third-order valence-corrected chi connectivity index (χ3v) is 7.05. The second-order valence-electron chi connectivity index (χ2n) is 6.65. The van der Waals surface area contributed by atoms with Crippen LogP contribution < -0.4 is 4.74 Å². The van der Waals surface area contributed by atoms with E-state index < -0.39 is 10.0 Å².